The van der Waals surface area contributed by atoms with Crippen molar-refractivity contribution in [1.82, 2.24) is 9.78 Å². The Labute approximate surface area is 90.3 Å². The summed E-state index contributed by atoms with van der Waals surface area (Å²) < 4.78 is 2.13. The Kier molecular flexibility index (Phi) is 3.12. The van der Waals surface area contributed by atoms with Gasteiger partial charge in [0.2, 0.25) is 0 Å². The third kappa shape index (κ3) is 2.30. The van der Waals surface area contributed by atoms with Gasteiger partial charge in [0, 0.05) is 18.0 Å². The first-order valence-electron chi connectivity index (χ1n) is 5.44. The second kappa shape index (κ2) is 4.35. The number of hydrogen-bond donors (Lipinski definition) is 0. The topological polar surface area (TPSA) is 17.8 Å². The molecule has 1 aromatic rings. The van der Waals surface area contributed by atoms with Crippen LogP contribution in [-0.2, 0) is 6.42 Å². The third-order valence-electron chi connectivity index (χ3n) is 2.85. The Morgan fingerprint density at radius 2 is 2.29 bits per heavy atom. The van der Waals surface area contributed by atoms with Gasteiger partial charge in [-0.2, -0.15) is 5.10 Å². The summed E-state index contributed by atoms with van der Waals surface area (Å²) in [6.45, 7) is 2.01. The van der Waals surface area contributed by atoms with Crippen molar-refractivity contribution < 1.29 is 0 Å². The van der Waals surface area contributed by atoms with Crippen LogP contribution < -0.4 is 0 Å². The molecule has 0 aromatic carbocycles. The number of halogens is 1. The van der Waals surface area contributed by atoms with E-state index in [4.69, 9.17) is 11.6 Å². The molecular weight excluding hydrogens is 196 g/mol. The van der Waals surface area contributed by atoms with E-state index in [0.717, 1.165) is 12.1 Å². The van der Waals surface area contributed by atoms with Gasteiger partial charge in [-0.1, -0.05) is 12.8 Å². The molecule has 1 fully saturated rings. The summed E-state index contributed by atoms with van der Waals surface area (Å²) in [5.41, 5.74) is 1.12. The number of rotatable bonds is 3. The van der Waals surface area contributed by atoms with Gasteiger partial charge >= 0.3 is 0 Å². The minimum absolute atomic E-state index is 0.182. The SMILES string of the molecule is CC(Cl)Cc1ccn(C2CCCC2)n1. The van der Waals surface area contributed by atoms with Crippen molar-refractivity contribution in [2.24, 2.45) is 0 Å². The van der Waals surface area contributed by atoms with Crippen molar-refractivity contribution in [1.29, 1.82) is 0 Å². The van der Waals surface area contributed by atoms with Crippen LogP contribution in [0.2, 0.25) is 0 Å². The van der Waals surface area contributed by atoms with Crippen molar-refractivity contribution >= 4 is 11.6 Å². The molecule has 0 amide bonds. The first kappa shape index (κ1) is 10.0. The molecule has 0 bridgehead atoms. The highest BCUT2D eigenvalue weighted by molar-refractivity contribution is 6.20. The summed E-state index contributed by atoms with van der Waals surface area (Å²) >= 11 is 5.93. The van der Waals surface area contributed by atoms with Gasteiger partial charge in [0.05, 0.1) is 11.7 Å². The maximum atomic E-state index is 5.93. The monoisotopic (exact) mass is 212 g/mol. The lowest BCUT2D eigenvalue weighted by atomic mass is 10.2. The van der Waals surface area contributed by atoms with Crippen molar-refractivity contribution in [3.63, 3.8) is 0 Å². The third-order valence-corrected chi connectivity index (χ3v) is 3.01. The minimum atomic E-state index is 0.182. The Hall–Kier alpha value is -0.500. The molecule has 78 valence electrons. The zero-order chi connectivity index (χ0) is 9.97. The number of nitrogens with zero attached hydrogens (tertiary/aromatic N) is 2. The lowest BCUT2D eigenvalue weighted by molar-refractivity contribution is 0.462. The fraction of sp³-hybridized carbons (Fsp3) is 0.727. The molecule has 2 nitrogen and oxygen atoms in total. The average Bonchev–Trinajstić information content (AvgIpc) is 2.69. The zero-order valence-electron chi connectivity index (χ0n) is 8.62. The van der Waals surface area contributed by atoms with Gasteiger partial charge in [-0.15, -0.1) is 11.6 Å². The number of alkyl halides is 1. The molecule has 0 aliphatic heterocycles. The van der Waals surface area contributed by atoms with E-state index in [1.807, 2.05) is 6.92 Å². The van der Waals surface area contributed by atoms with E-state index in [9.17, 15) is 0 Å². The van der Waals surface area contributed by atoms with E-state index in [0.29, 0.717) is 6.04 Å². The van der Waals surface area contributed by atoms with Gasteiger partial charge in [-0.05, 0) is 25.8 Å². The Bertz CT molecular complexity index is 287. The van der Waals surface area contributed by atoms with Crippen molar-refractivity contribution in [2.45, 2.75) is 50.4 Å². The predicted molar refractivity (Wildman–Crippen MR) is 58.8 cm³/mol. The van der Waals surface area contributed by atoms with E-state index >= 15 is 0 Å². The first-order chi connectivity index (χ1) is 6.75. The molecule has 1 saturated carbocycles. The lowest BCUT2D eigenvalue weighted by Gasteiger charge is -2.08. The van der Waals surface area contributed by atoms with E-state index in [1.165, 1.54) is 25.7 Å². The van der Waals surface area contributed by atoms with Crippen molar-refractivity contribution in [3.8, 4) is 0 Å². The largest absolute Gasteiger partial charge is 0.269 e. The van der Waals surface area contributed by atoms with Crippen LogP contribution in [0.3, 0.4) is 0 Å². The van der Waals surface area contributed by atoms with E-state index < -0.39 is 0 Å². The Morgan fingerprint density at radius 3 is 2.93 bits per heavy atom. The molecule has 2 rings (SSSR count). The van der Waals surface area contributed by atoms with E-state index in [1.54, 1.807) is 0 Å². The number of hydrogen-bond acceptors (Lipinski definition) is 1. The first-order valence-corrected chi connectivity index (χ1v) is 5.87. The smallest absolute Gasteiger partial charge is 0.0639 e. The maximum absolute atomic E-state index is 5.93. The molecule has 3 heteroatoms. The minimum Gasteiger partial charge on any atom is -0.269 e. The molecule has 1 aliphatic carbocycles. The molecule has 14 heavy (non-hydrogen) atoms. The molecule has 1 aromatic heterocycles. The maximum Gasteiger partial charge on any atom is 0.0639 e. The molecule has 0 saturated heterocycles. The second-order valence-corrected chi connectivity index (χ2v) is 4.96. The van der Waals surface area contributed by atoms with Crippen LogP contribution in [0.5, 0.6) is 0 Å². The lowest BCUT2D eigenvalue weighted by Crippen LogP contribution is -2.06. The van der Waals surface area contributed by atoms with Crippen LogP contribution in [-0.4, -0.2) is 15.2 Å². The molecular formula is C11H17ClN2. The van der Waals surface area contributed by atoms with E-state index in [-0.39, 0.29) is 5.38 Å². The second-order valence-electron chi connectivity index (χ2n) is 4.21. The number of aromatic nitrogens is 2. The molecule has 1 heterocycles. The standard InChI is InChI=1S/C11H17ClN2/c1-9(12)8-10-6-7-14(13-10)11-4-2-3-5-11/h6-7,9,11H,2-5,8H2,1H3. The Morgan fingerprint density at radius 1 is 1.57 bits per heavy atom. The van der Waals surface area contributed by atoms with Crippen molar-refractivity contribution in [3.05, 3.63) is 18.0 Å². The summed E-state index contributed by atoms with van der Waals surface area (Å²) in [5, 5.41) is 4.75. The highest BCUT2D eigenvalue weighted by Gasteiger charge is 2.17. The summed E-state index contributed by atoms with van der Waals surface area (Å²) in [6, 6.07) is 2.74. The van der Waals surface area contributed by atoms with Gasteiger partial charge in [0.1, 0.15) is 0 Å². The van der Waals surface area contributed by atoms with Crippen LogP contribution in [0.1, 0.15) is 44.3 Å². The summed E-state index contributed by atoms with van der Waals surface area (Å²) in [4.78, 5) is 0. The highest BCUT2D eigenvalue weighted by atomic mass is 35.5. The molecule has 1 unspecified atom stereocenters. The summed E-state index contributed by atoms with van der Waals surface area (Å²) in [6.07, 6.45) is 8.26. The van der Waals surface area contributed by atoms with Gasteiger partial charge in [-0.25, -0.2) is 0 Å². The highest BCUT2D eigenvalue weighted by Crippen LogP contribution is 2.28. The van der Waals surface area contributed by atoms with Crippen LogP contribution in [0.4, 0.5) is 0 Å². The fourth-order valence-electron chi connectivity index (χ4n) is 2.15. The fourth-order valence-corrected chi connectivity index (χ4v) is 2.30. The molecule has 0 N–H and O–H groups in total. The van der Waals surface area contributed by atoms with E-state index in [2.05, 4.69) is 22.0 Å². The molecule has 0 radical (unpaired) electrons. The van der Waals surface area contributed by atoms with Crippen LogP contribution in [0, 0.1) is 0 Å². The summed E-state index contributed by atoms with van der Waals surface area (Å²) in [7, 11) is 0. The quantitative estimate of drug-likeness (QED) is 0.704. The van der Waals surface area contributed by atoms with Crippen LogP contribution in [0.15, 0.2) is 12.3 Å². The van der Waals surface area contributed by atoms with Gasteiger partial charge in [0.15, 0.2) is 0 Å². The Balaban J connectivity index is 2.01. The van der Waals surface area contributed by atoms with Gasteiger partial charge < -0.3 is 0 Å². The average molecular weight is 213 g/mol. The normalized spacial score (nSPS) is 20.1. The predicted octanol–water partition coefficient (Wildman–Crippen LogP) is 3.17. The van der Waals surface area contributed by atoms with Gasteiger partial charge in [-0.3, -0.25) is 4.68 Å². The zero-order valence-corrected chi connectivity index (χ0v) is 9.37. The summed E-state index contributed by atoms with van der Waals surface area (Å²) in [5.74, 6) is 0. The van der Waals surface area contributed by atoms with Crippen LogP contribution in [0.25, 0.3) is 0 Å². The molecule has 1 aliphatic rings. The molecule has 1 atom stereocenters. The van der Waals surface area contributed by atoms with Crippen LogP contribution >= 0.6 is 11.6 Å². The van der Waals surface area contributed by atoms with Gasteiger partial charge in [0.25, 0.3) is 0 Å². The van der Waals surface area contributed by atoms with Crippen molar-refractivity contribution in [2.75, 3.05) is 0 Å². The molecule has 0 spiro atoms.